The van der Waals surface area contributed by atoms with Crippen LogP contribution in [0.25, 0.3) is 0 Å². The Morgan fingerprint density at radius 1 is 1.21 bits per heavy atom. The average molecular weight is 414 g/mol. The van der Waals surface area contributed by atoms with E-state index in [1.54, 1.807) is 27.4 Å². The third kappa shape index (κ3) is 4.89. The van der Waals surface area contributed by atoms with Crippen LogP contribution in [0.5, 0.6) is 0 Å². The molecule has 1 amide bonds. The number of hydrogen-bond acceptors (Lipinski definition) is 4. The molecule has 1 aromatic carbocycles. The lowest BCUT2D eigenvalue weighted by Gasteiger charge is -2.41. The number of likely N-dealkylation sites (tertiary alicyclic amines) is 1. The molecule has 2 aromatic rings. The number of amides is 1. The van der Waals surface area contributed by atoms with Crippen molar-refractivity contribution in [2.75, 3.05) is 33.7 Å². The van der Waals surface area contributed by atoms with E-state index < -0.39 is 0 Å². The Balaban J connectivity index is 0.00000117. The molecule has 0 saturated carbocycles. The van der Waals surface area contributed by atoms with Gasteiger partial charge < -0.3 is 9.80 Å². The van der Waals surface area contributed by atoms with Crippen LogP contribution < -0.4 is 0 Å². The number of nitrogens with zero attached hydrogens (tertiary/aromatic N) is 3. The van der Waals surface area contributed by atoms with Gasteiger partial charge in [0.15, 0.2) is 0 Å². The van der Waals surface area contributed by atoms with Gasteiger partial charge >= 0.3 is 0 Å². The van der Waals surface area contributed by atoms with E-state index in [9.17, 15) is 4.79 Å². The number of benzene rings is 1. The Kier molecular flexibility index (Phi) is 7.47. The van der Waals surface area contributed by atoms with Crippen molar-refractivity contribution >= 4 is 17.2 Å². The van der Waals surface area contributed by atoms with Gasteiger partial charge in [0.25, 0.3) is 0 Å². The van der Waals surface area contributed by atoms with E-state index in [2.05, 4.69) is 39.5 Å². The molecule has 1 aliphatic carbocycles. The minimum Gasteiger partial charge on any atom is -0.349 e. The molecule has 0 radical (unpaired) electrons. The predicted octanol–water partition coefficient (Wildman–Crippen LogP) is 4.40. The normalized spacial score (nSPS) is 18.6. The van der Waals surface area contributed by atoms with E-state index >= 15 is 0 Å². The molecule has 1 aliphatic heterocycles. The maximum absolute atomic E-state index is 12.7. The number of piperidine rings is 1. The third-order valence-electron chi connectivity index (χ3n) is 6.48. The molecule has 29 heavy (non-hydrogen) atoms. The molecule has 1 atom stereocenters. The fraction of sp³-hybridized carbons (Fsp3) is 0.583. The number of aromatic nitrogens is 1. The van der Waals surface area contributed by atoms with E-state index in [1.165, 1.54) is 25.7 Å². The number of aryl methyl sites for hydroxylation is 1. The van der Waals surface area contributed by atoms with E-state index in [0.29, 0.717) is 5.41 Å². The van der Waals surface area contributed by atoms with Crippen LogP contribution in [-0.4, -0.2) is 54.4 Å². The van der Waals surface area contributed by atoms with Crippen LogP contribution in [0.4, 0.5) is 0 Å². The van der Waals surface area contributed by atoms with Crippen molar-refractivity contribution in [3.05, 3.63) is 52.0 Å². The zero-order chi connectivity index (χ0) is 20.9. The van der Waals surface area contributed by atoms with Gasteiger partial charge in [-0.15, -0.1) is 11.3 Å². The largest absolute Gasteiger partial charge is 0.349 e. The van der Waals surface area contributed by atoms with Gasteiger partial charge in [-0.2, -0.15) is 0 Å². The zero-order valence-corrected chi connectivity index (χ0v) is 19.2. The summed E-state index contributed by atoms with van der Waals surface area (Å²) in [6.07, 6.45) is 5.68. The lowest BCUT2D eigenvalue weighted by molar-refractivity contribution is -0.133. The van der Waals surface area contributed by atoms with E-state index in [4.69, 9.17) is 0 Å². The van der Waals surface area contributed by atoms with Crippen LogP contribution in [0.3, 0.4) is 0 Å². The minimum absolute atomic E-state index is 0.00739. The first-order valence-corrected chi connectivity index (χ1v) is 11.9. The summed E-state index contributed by atoms with van der Waals surface area (Å²) in [4.78, 5) is 21.4. The molecule has 5 heteroatoms. The van der Waals surface area contributed by atoms with Crippen molar-refractivity contribution in [2.24, 2.45) is 5.92 Å². The summed E-state index contributed by atoms with van der Waals surface area (Å²) in [5.74, 6) is 0.210. The van der Waals surface area contributed by atoms with Crippen molar-refractivity contribution in [2.45, 2.75) is 51.4 Å². The molecule has 0 bridgehead atoms. The van der Waals surface area contributed by atoms with Gasteiger partial charge in [-0.05, 0) is 55.3 Å². The molecule has 4 nitrogen and oxygen atoms in total. The van der Waals surface area contributed by atoms with Crippen LogP contribution in [0.2, 0.25) is 0 Å². The first kappa shape index (κ1) is 22.0. The zero-order valence-electron chi connectivity index (χ0n) is 18.4. The Labute approximate surface area is 179 Å². The van der Waals surface area contributed by atoms with Gasteiger partial charge in [0.05, 0.1) is 17.1 Å². The summed E-state index contributed by atoms with van der Waals surface area (Å²) in [5.41, 5.74) is 6.42. The van der Waals surface area contributed by atoms with Gasteiger partial charge in [-0.25, -0.2) is 4.98 Å². The molecular weight excluding hydrogens is 378 g/mol. The molecule has 0 N–H and O–H groups in total. The third-order valence-corrected chi connectivity index (χ3v) is 7.12. The van der Waals surface area contributed by atoms with Crippen LogP contribution in [-0.2, 0) is 23.1 Å². The van der Waals surface area contributed by atoms with Crippen molar-refractivity contribution in [1.82, 2.24) is 14.8 Å². The van der Waals surface area contributed by atoms with Gasteiger partial charge in [0.2, 0.25) is 5.91 Å². The number of rotatable bonds is 5. The Morgan fingerprint density at radius 3 is 2.59 bits per heavy atom. The van der Waals surface area contributed by atoms with Crippen LogP contribution in [0.1, 0.15) is 49.9 Å². The Hall–Kier alpha value is -1.72. The number of hydrogen-bond donors (Lipinski definition) is 0. The topological polar surface area (TPSA) is 36.4 Å². The van der Waals surface area contributed by atoms with Gasteiger partial charge in [0, 0.05) is 32.4 Å². The summed E-state index contributed by atoms with van der Waals surface area (Å²) in [7, 11) is 3.72. The van der Waals surface area contributed by atoms with Crippen molar-refractivity contribution in [3.63, 3.8) is 0 Å². The van der Waals surface area contributed by atoms with Crippen molar-refractivity contribution in [1.29, 1.82) is 0 Å². The second-order valence-electron chi connectivity index (χ2n) is 8.35. The maximum Gasteiger partial charge on any atom is 0.226 e. The molecule has 2 aliphatic rings. The molecule has 1 spiro atoms. The van der Waals surface area contributed by atoms with E-state index in [1.807, 2.05) is 33.5 Å². The molecule has 1 aromatic heterocycles. The number of thiazole rings is 1. The second-order valence-corrected chi connectivity index (χ2v) is 9.07. The van der Waals surface area contributed by atoms with E-state index in [-0.39, 0.29) is 11.8 Å². The minimum atomic E-state index is -0.00739. The summed E-state index contributed by atoms with van der Waals surface area (Å²) < 4.78 is 0. The maximum atomic E-state index is 12.7. The lowest BCUT2D eigenvalue weighted by atomic mass is 9.73. The summed E-state index contributed by atoms with van der Waals surface area (Å²) in [5, 5.41) is 2.07. The highest BCUT2D eigenvalue weighted by atomic mass is 32.1. The Morgan fingerprint density at radius 2 is 1.93 bits per heavy atom. The van der Waals surface area contributed by atoms with Crippen molar-refractivity contribution < 1.29 is 4.79 Å². The molecule has 158 valence electrons. The number of carbonyl (C=O) groups is 1. The summed E-state index contributed by atoms with van der Waals surface area (Å²) in [6.45, 7) is 7.01. The quantitative estimate of drug-likeness (QED) is 0.729. The highest BCUT2D eigenvalue weighted by Crippen LogP contribution is 2.46. The molecular formula is C24H35N3OS. The number of fused-ring (bicyclic) bond motifs is 2. The second kappa shape index (κ2) is 9.86. The molecule has 1 fully saturated rings. The smallest absolute Gasteiger partial charge is 0.226 e. The summed E-state index contributed by atoms with van der Waals surface area (Å²) >= 11 is 1.60. The summed E-state index contributed by atoms with van der Waals surface area (Å²) in [6, 6.07) is 9.01. The first-order chi connectivity index (χ1) is 14.1. The van der Waals surface area contributed by atoms with E-state index in [0.717, 1.165) is 31.7 Å². The van der Waals surface area contributed by atoms with Crippen LogP contribution >= 0.6 is 11.3 Å². The molecule has 1 unspecified atom stereocenters. The lowest BCUT2D eigenvalue weighted by Crippen LogP contribution is -2.46. The molecule has 1 saturated heterocycles. The van der Waals surface area contributed by atoms with Crippen molar-refractivity contribution in [3.8, 4) is 0 Å². The average Bonchev–Trinajstić information content (AvgIpc) is 3.39. The standard InChI is InChI=1S/C22H29N3OS.C2H6/c1-24(2)21(26)18(13-19-15-27-16-23-19)14-25-11-9-22(10-12-25)8-7-17-5-3-4-6-20(17)22;1-2/h3-6,15-16,18H,7-14H2,1-2H3;1-2H3. The molecule has 4 rings (SSSR count). The fourth-order valence-electron chi connectivity index (χ4n) is 4.94. The van der Waals surface area contributed by atoms with Gasteiger partial charge in [-0.3, -0.25) is 4.79 Å². The van der Waals surface area contributed by atoms with Gasteiger partial charge in [-0.1, -0.05) is 38.1 Å². The molecule has 2 heterocycles. The van der Waals surface area contributed by atoms with Crippen LogP contribution in [0.15, 0.2) is 35.2 Å². The number of carbonyl (C=O) groups excluding carboxylic acids is 1. The monoisotopic (exact) mass is 413 g/mol. The highest BCUT2D eigenvalue weighted by molar-refractivity contribution is 7.07. The predicted molar refractivity (Wildman–Crippen MR) is 121 cm³/mol. The Bertz CT molecular complexity index is 779. The van der Waals surface area contributed by atoms with Crippen LogP contribution in [0, 0.1) is 5.92 Å². The highest BCUT2D eigenvalue weighted by Gasteiger charge is 2.41. The first-order valence-electron chi connectivity index (χ1n) is 11.0. The SMILES string of the molecule is CC.CN(C)C(=O)C(Cc1cscn1)CN1CCC2(CCc3ccccc32)CC1. The fourth-order valence-corrected chi connectivity index (χ4v) is 5.52. The van der Waals surface area contributed by atoms with Gasteiger partial charge in [0.1, 0.15) is 0 Å².